The second kappa shape index (κ2) is 8.03. The van der Waals surface area contributed by atoms with Crippen molar-refractivity contribution in [2.75, 3.05) is 26.7 Å². The van der Waals surface area contributed by atoms with Gasteiger partial charge < -0.3 is 10.2 Å². The zero-order valence-electron chi connectivity index (χ0n) is 12.4. The van der Waals surface area contributed by atoms with E-state index in [1.54, 1.807) is 0 Å². The Morgan fingerprint density at radius 2 is 2.16 bits per heavy atom. The lowest BCUT2D eigenvalue weighted by Gasteiger charge is -2.27. The van der Waals surface area contributed by atoms with Crippen molar-refractivity contribution in [1.29, 1.82) is 0 Å². The van der Waals surface area contributed by atoms with Crippen molar-refractivity contribution >= 4 is 11.3 Å². The van der Waals surface area contributed by atoms with Crippen LogP contribution in [-0.2, 0) is 0 Å². The summed E-state index contributed by atoms with van der Waals surface area (Å²) in [4.78, 5) is 3.94. The van der Waals surface area contributed by atoms with Gasteiger partial charge in [-0.05, 0) is 44.2 Å². The molecule has 0 bridgehead atoms. The summed E-state index contributed by atoms with van der Waals surface area (Å²) in [6.07, 6.45) is 7.26. The summed E-state index contributed by atoms with van der Waals surface area (Å²) in [5.74, 6) is 0.952. The maximum atomic E-state index is 3.62. The lowest BCUT2D eigenvalue weighted by Crippen LogP contribution is -2.34. The predicted molar refractivity (Wildman–Crippen MR) is 84.8 cm³/mol. The number of nitrogens with zero attached hydrogens (tertiary/aromatic N) is 1. The average Bonchev–Trinajstić information content (AvgIpc) is 2.93. The highest BCUT2D eigenvalue weighted by Crippen LogP contribution is 2.24. The van der Waals surface area contributed by atoms with E-state index in [0.717, 1.165) is 19.0 Å². The van der Waals surface area contributed by atoms with E-state index >= 15 is 0 Å². The summed E-state index contributed by atoms with van der Waals surface area (Å²) in [5, 5.41) is 5.78. The molecule has 1 unspecified atom stereocenters. The molecule has 0 spiro atoms. The van der Waals surface area contributed by atoms with Crippen LogP contribution in [0.3, 0.4) is 0 Å². The summed E-state index contributed by atoms with van der Waals surface area (Å²) >= 11 is 1.84. The van der Waals surface area contributed by atoms with Crippen LogP contribution in [0.25, 0.3) is 0 Å². The molecule has 1 aromatic heterocycles. The molecule has 3 heteroatoms. The first-order valence-electron chi connectivity index (χ1n) is 7.71. The number of hydrogen-bond donors (Lipinski definition) is 1. The minimum absolute atomic E-state index is 0.489. The Kier molecular flexibility index (Phi) is 6.35. The highest BCUT2D eigenvalue weighted by molar-refractivity contribution is 7.10. The molecule has 2 nitrogen and oxygen atoms in total. The third kappa shape index (κ3) is 5.25. The van der Waals surface area contributed by atoms with E-state index in [9.17, 15) is 0 Å². The van der Waals surface area contributed by atoms with E-state index in [2.05, 4.69) is 41.7 Å². The number of nitrogens with one attached hydrogen (secondary N) is 1. The van der Waals surface area contributed by atoms with E-state index in [-0.39, 0.29) is 0 Å². The molecule has 0 amide bonds. The third-order valence-corrected chi connectivity index (χ3v) is 5.26. The standard InChI is InChI=1S/C16H28N2S/c1-14(16-9-6-12-19-16)17-10-11-18(2)13-15-7-4-3-5-8-15/h6,9,12,14-15,17H,3-5,7-8,10-11,13H2,1-2H3. The molecule has 0 aromatic carbocycles. The van der Waals surface area contributed by atoms with Crippen molar-refractivity contribution in [3.05, 3.63) is 22.4 Å². The minimum Gasteiger partial charge on any atom is -0.308 e. The molecule has 1 aliphatic carbocycles. The van der Waals surface area contributed by atoms with Crippen LogP contribution in [0.4, 0.5) is 0 Å². The van der Waals surface area contributed by atoms with E-state index in [0.29, 0.717) is 6.04 Å². The van der Waals surface area contributed by atoms with Gasteiger partial charge in [-0.3, -0.25) is 0 Å². The molecular formula is C16H28N2S. The van der Waals surface area contributed by atoms with Gasteiger partial charge in [-0.1, -0.05) is 25.3 Å². The monoisotopic (exact) mass is 280 g/mol. The fourth-order valence-corrected chi connectivity index (χ4v) is 3.77. The van der Waals surface area contributed by atoms with E-state index in [4.69, 9.17) is 0 Å². The van der Waals surface area contributed by atoms with Gasteiger partial charge >= 0.3 is 0 Å². The Balaban J connectivity index is 1.59. The summed E-state index contributed by atoms with van der Waals surface area (Å²) < 4.78 is 0. The summed E-state index contributed by atoms with van der Waals surface area (Å²) in [5.41, 5.74) is 0. The largest absolute Gasteiger partial charge is 0.308 e. The molecule has 19 heavy (non-hydrogen) atoms. The van der Waals surface area contributed by atoms with Crippen LogP contribution in [0.5, 0.6) is 0 Å². The molecule has 0 saturated heterocycles. The number of hydrogen-bond acceptors (Lipinski definition) is 3. The number of likely N-dealkylation sites (N-methyl/N-ethyl adjacent to an activating group) is 1. The van der Waals surface area contributed by atoms with Crippen LogP contribution in [0.15, 0.2) is 17.5 Å². The van der Waals surface area contributed by atoms with Gasteiger partial charge in [-0.2, -0.15) is 0 Å². The van der Waals surface area contributed by atoms with Crippen LogP contribution in [0, 0.1) is 5.92 Å². The Bertz CT molecular complexity index is 331. The van der Waals surface area contributed by atoms with Crippen LogP contribution in [0.1, 0.15) is 49.9 Å². The van der Waals surface area contributed by atoms with Crippen LogP contribution in [-0.4, -0.2) is 31.6 Å². The molecular weight excluding hydrogens is 252 g/mol. The normalized spacial score (nSPS) is 18.9. The first-order chi connectivity index (χ1) is 9.25. The van der Waals surface area contributed by atoms with E-state index in [1.807, 2.05) is 11.3 Å². The SMILES string of the molecule is CC(NCCN(C)CC1CCCCC1)c1cccs1. The average molecular weight is 280 g/mol. The molecule has 1 aromatic rings. The highest BCUT2D eigenvalue weighted by Gasteiger charge is 2.15. The van der Waals surface area contributed by atoms with Crippen LogP contribution < -0.4 is 5.32 Å². The molecule has 1 heterocycles. The lowest BCUT2D eigenvalue weighted by atomic mass is 9.89. The molecule has 2 rings (SSSR count). The fraction of sp³-hybridized carbons (Fsp3) is 0.750. The van der Waals surface area contributed by atoms with Crippen LogP contribution >= 0.6 is 11.3 Å². The molecule has 1 N–H and O–H groups in total. The molecule has 108 valence electrons. The molecule has 1 aliphatic rings. The summed E-state index contributed by atoms with van der Waals surface area (Å²) in [6, 6.07) is 4.84. The van der Waals surface area contributed by atoms with Crippen molar-refractivity contribution in [3.63, 3.8) is 0 Å². The second-order valence-electron chi connectivity index (χ2n) is 5.96. The van der Waals surface area contributed by atoms with E-state index < -0.39 is 0 Å². The first-order valence-corrected chi connectivity index (χ1v) is 8.59. The zero-order chi connectivity index (χ0) is 13.5. The number of rotatable bonds is 7. The van der Waals surface area contributed by atoms with Crippen LogP contribution in [0.2, 0.25) is 0 Å². The predicted octanol–water partition coefficient (Wildman–Crippen LogP) is 3.91. The topological polar surface area (TPSA) is 15.3 Å². The Morgan fingerprint density at radius 1 is 1.37 bits per heavy atom. The Morgan fingerprint density at radius 3 is 2.84 bits per heavy atom. The van der Waals surface area contributed by atoms with Crippen molar-refractivity contribution in [1.82, 2.24) is 10.2 Å². The smallest absolute Gasteiger partial charge is 0.0386 e. The summed E-state index contributed by atoms with van der Waals surface area (Å²) in [7, 11) is 2.27. The minimum atomic E-state index is 0.489. The van der Waals surface area contributed by atoms with Gasteiger partial charge in [0.1, 0.15) is 0 Å². The van der Waals surface area contributed by atoms with Gasteiger partial charge in [0, 0.05) is 30.6 Å². The maximum Gasteiger partial charge on any atom is 0.0386 e. The lowest BCUT2D eigenvalue weighted by molar-refractivity contribution is 0.232. The quantitative estimate of drug-likeness (QED) is 0.814. The molecule has 1 fully saturated rings. The number of thiophene rings is 1. The van der Waals surface area contributed by atoms with Crippen molar-refractivity contribution in [2.24, 2.45) is 5.92 Å². The Hall–Kier alpha value is -0.380. The summed E-state index contributed by atoms with van der Waals surface area (Å²) in [6.45, 7) is 5.79. The molecule has 1 saturated carbocycles. The van der Waals surface area contributed by atoms with Gasteiger partial charge in [0.05, 0.1) is 0 Å². The van der Waals surface area contributed by atoms with Crippen molar-refractivity contribution in [2.45, 2.75) is 45.1 Å². The highest BCUT2D eigenvalue weighted by atomic mass is 32.1. The van der Waals surface area contributed by atoms with Gasteiger partial charge in [0.25, 0.3) is 0 Å². The first kappa shape index (κ1) is 15.0. The third-order valence-electron chi connectivity index (χ3n) is 4.21. The second-order valence-corrected chi connectivity index (χ2v) is 6.94. The van der Waals surface area contributed by atoms with Gasteiger partial charge in [-0.15, -0.1) is 11.3 Å². The molecule has 0 radical (unpaired) electrons. The van der Waals surface area contributed by atoms with Crippen molar-refractivity contribution in [3.8, 4) is 0 Å². The fourth-order valence-electron chi connectivity index (χ4n) is 3.01. The van der Waals surface area contributed by atoms with Gasteiger partial charge in [0.15, 0.2) is 0 Å². The van der Waals surface area contributed by atoms with Crippen molar-refractivity contribution < 1.29 is 0 Å². The maximum absolute atomic E-state index is 3.62. The van der Waals surface area contributed by atoms with E-state index in [1.165, 1.54) is 43.5 Å². The van der Waals surface area contributed by atoms with Gasteiger partial charge in [-0.25, -0.2) is 0 Å². The zero-order valence-corrected chi connectivity index (χ0v) is 13.2. The van der Waals surface area contributed by atoms with Gasteiger partial charge in [0.2, 0.25) is 0 Å². The molecule has 0 aliphatic heterocycles. The molecule has 1 atom stereocenters. The Labute approximate surface area is 122 Å².